The van der Waals surface area contributed by atoms with E-state index in [-0.39, 0.29) is 36.1 Å². The molecule has 2 heterocycles. The fraction of sp³-hybridized carbons (Fsp3) is 0.696. The van der Waals surface area contributed by atoms with Crippen molar-refractivity contribution >= 4 is 17.8 Å². The third-order valence-corrected chi connectivity index (χ3v) is 5.07. The Bertz CT molecular complexity index is 805. The Hall–Kier alpha value is -2.39. The first-order valence-electron chi connectivity index (χ1n) is 11.2. The summed E-state index contributed by atoms with van der Waals surface area (Å²) >= 11 is 0. The van der Waals surface area contributed by atoms with Crippen molar-refractivity contribution in [2.75, 3.05) is 46.0 Å². The largest absolute Gasteiger partial charge is 0.462 e. The molecule has 0 aliphatic carbocycles. The van der Waals surface area contributed by atoms with E-state index in [0.29, 0.717) is 17.8 Å². The molecule has 1 aliphatic heterocycles. The van der Waals surface area contributed by atoms with Crippen molar-refractivity contribution in [2.45, 2.75) is 53.6 Å². The number of rotatable bonds is 9. The van der Waals surface area contributed by atoms with Crippen LogP contribution in [-0.4, -0.2) is 79.3 Å². The summed E-state index contributed by atoms with van der Waals surface area (Å²) in [6, 6.07) is 0. The Morgan fingerprint density at radius 2 is 1.84 bits per heavy atom. The molecule has 1 amide bonds. The van der Waals surface area contributed by atoms with Crippen molar-refractivity contribution in [1.29, 1.82) is 0 Å². The number of esters is 2. The first-order valence-corrected chi connectivity index (χ1v) is 11.2. The number of hydrogen-bond donors (Lipinski definition) is 2. The third kappa shape index (κ3) is 7.63. The number of aromatic amines is 1. The lowest BCUT2D eigenvalue weighted by Crippen LogP contribution is -2.41. The van der Waals surface area contributed by atoms with Crippen LogP contribution >= 0.6 is 0 Å². The molecule has 1 aromatic heterocycles. The van der Waals surface area contributed by atoms with Crippen molar-refractivity contribution in [2.24, 2.45) is 5.92 Å². The van der Waals surface area contributed by atoms with Crippen LogP contribution in [0.2, 0.25) is 0 Å². The summed E-state index contributed by atoms with van der Waals surface area (Å²) in [6.07, 6.45) is -0.0674. The zero-order chi connectivity index (χ0) is 23.9. The number of nitrogens with zero attached hydrogens (tertiary/aromatic N) is 1. The number of morpholine rings is 1. The Balaban J connectivity index is 2.07. The van der Waals surface area contributed by atoms with Crippen LogP contribution in [0.4, 0.5) is 0 Å². The Labute approximate surface area is 190 Å². The average Bonchev–Trinajstić information content (AvgIpc) is 3.02. The highest BCUT2D eigenvalue weighted by molar-refractivity contribution is 5.99. The number of aromatic nitrogens is 1. The van der Waals surface area contributed by atoms with Gasteiger partial charge < -0.3 is 24.5 Å². The maximum atomic E-state index is 12.6. The summed E-state index contributed by atoms with van der Waals surface area (Å²) in [6.45, 7) is 15.6. The van der Waals surface area contributed by atoms with Gasteiger partial charge in [0, 0.05) is 31.9 Å². The third-order valence-electron chi connectivity index (χ3n) is 5.07. The molecule has 180 valence electrons. The molecule has 0 aromatic carbocycles. The molecule has 1 aliphatic rings. The van der Waals surface area contributed by atoms with E-state index in [4.69, 9.17) is 14.2 Å². The first kappa shape index (κ1) is 25.9. The fourth-order valence-corrected chi connectivity index (χ4v) is 3.60. The molecular weight excluding hydrogens is 414 g/mol. The second kappa shape index (κ2) is 11.5. The highest BCUT2D eigenvalue weighted by Crippen LogP contribution is 2.23. The standard InChI is InChI=1S/C23H37N3O6/c1-7-31-21(28)19-16(3)20(22(29)32-23(4,5)6)25-17(19)12-18(27)24-13-15(2)14-26-8-10-30-11-9-26/h15,25H,7-14H2,1-6H3,(H,24,27). The lowest BCUT2D eigenvalue weighted by molar-refractivity contribution is -0.120. The molecule has 9 nitrogen and oxygen atoms in total. The van der Waals surface area contributed by atoms with Crippen molar-refractivity contribution < 1.29 is 28.6 Å². The zero-order valence-electron chi connectivity index (χ0n) is 20.1. The summed E-state index contributed by atoms with van der Waals surface area (Å²) < 4.78 is 15.9. The number of hydrogen-bond acceptors (Lipinski definition) is 7. The number of ether oxygens (including phenoxy) is 3. The first-order chi connectivity index (χ1) is 15.0. The maximum Gasteiger partial charge on any atom is 0.355 e. The Kier molecular flexibility index (Phi) is 9.27. The molecule has 0 bridgehead atoms. The average molecular weight is 452 g/mol. The molecule has 1 atom stereocenters. The quantitative estimate of drug-likeness (QED) is 0.553. The van der Waals surface area contributed by atoms with Crippen LogP contribution in [0.25, 0.3) is 0 Å². The monoisotopic (exact) mass is 451 g/mol. The molecule has 0 spiro atoms. The van der Waals surface area contributed by atoms with Crippen LogP contribution in [-0.2, 0) is 25.4 Å². The lowest BCUT2D eigenvalue weighted by atomic mass is 10.1. The highest BCUT2D eigenvalue weighted by atomic mass is 16.6. The van der Waals surface area contributed by atoms with Gasteiger partial charge in [-0.2, -0.15) is 0 Å². The number of nitrogens with one attached hydrogen (secondary N) is 2. The van der Waals surface area contributed by atoms with E-state index >= 15 is 0 Å². The zero-order valence-corrected chi connectivity index (χ0v) is 20.1. The molecule has 0 radical (unpaired) electrons. The molecule has 9 heteroatoms. The topological polar surface area (TPSA) is 110 Å². The molecule has 2 N–H and O–H groups in total. The van der Waals surface area contributed by atoms with E-state index in [0.717, 1.165) is 32.8 Å². The van der Waals surface area contributed by atoms with E-state index < -0.39 is 17.5 Å². The number of amides is 1. The van der Waals surface area contributed by atoms with E-state index in [1.807, 2.05) is 0 Å². The van der Waals surface area contributed by atoms with Crippen LogP contribution in [0.3, 0.4) is 0 Å². The van der Waals surface area contributed by atoms with Crippen LogP contribution in [0.1, 0.15) is 66.7 Å². The van der Waals surface area contributed by atoms with E-state index in [2.05, 4.69) is 22.1 Å². The minimum Gasteiger partial charge on any atom is -0.462 e. The van der Waals surface area contributed by atoms with Crippen molar-refractivity contribution in [3.63, 3.8) is 0 Å². The predicted molar refractivity (Wildman–Crippen MR) is 120 cm³/mol. The smallest absolute Gasteiger partial charge is 0.355 e. The van der Waals surface area contributed by atoms with Crippen molar-refractivity contribution in [3.8, 4) is 0 Å². The van der Waals surface area contributed by atoms with E-state index in [1.165, 1.54) is 0 Å². The van der Waals surface area contributed by atoms with Crippen molar-refractivity contribution in [1.82, 2.24) is 15.2 Å². The molecule has 2 rings (SSSR count). The van der Waals surface area contributed by atoms with E-state index in [9.17, 15) is 14.4 Å². The van der Waals surface area contributed by atoms with Gasteiger partial charge in [0.1, 0.15) is 11.3 Å². The summed E-state index contributed by atoms with van der Waals surface area (Å²) in [5.41, 5.74) is 0.449. The predicted octanol–water partition coefficient (Wildman–Crippen LogP) is 2.08. The number of carbonyl (C=O) groups is 3. The van der Waals surface area contributed by atoms with Gasteiger partial charge in [0.05, 0.1) is 31.8 Å². The number of carbonyl (C=O) groups excluding carboxylic acids is 3. The molecule has 1 unspecified atom stereocenters. The molecule has 1 saturated heterocycles. The highest BCUT2D eigenvalue weighted by Gasteiger charge is 2.28. The number of H-pyrrole nitrogens is 1. The van der Waals surface area contributed by atoms with Crippen LogP contribution in [0.15, 0.2) is 0 Å². The molecule has 32 heavy (non-hydrogen) atoms. The van der Waals surface area contributed by atoms with Crippen LogP contribution < -0.4 is 5.32 Å². The van der Waals surface area contributed by atoms with Gasteiger partial charge in [-0.1, -0.05) is 6.92 Å². The summed E-state index contributed by atoms with van der Waals surface area (Å²) in [5.74, 6) is -1.11. The van der Waals surface area contributed by atoms with Gasteiger partial charge in [0.15, 0.2) is 0 Å². The second-order valence-corrected chi connectivity index (χ2v) is 9.20. The summed E-state index contributed by atoms with van der Waals surface area (Å²) in [4.78, 5) is 43.0. The van der Waals surface area contributed by atoms with E-state index in [1.54, 1.807) is 34.6 Å². The Morgan fingerprint density at radius 1 is 1.19 bits per heavy atom. The SMILES string of the molecule is CCOC(=O)c1c(CC(=O)NCC(C)CN2CCOCC2)[nH]c(C(=O)OC(C)(C)C)c1C. The lowest BCUT2D eigenvalue weighted by Gasteiger charge is -2.29. The van der Waals surface area contributed by atoms with Gasteiger partial charge in [0.2, 0.25) is 5.91 Å². The second-order valence-electron chi connectivity index (χ2n) is 9.20. The van der Waals surface area contributed by atoms with Crippen LogP contribution in [0, 0.1) is 12.8 Å². The molecular formula is C23H37N3O6. The minimum absolute atomic E-state index is 0.0674. The molecule has 1 fully saturated rings. The maximum absolute atomic E-state index is 12.6. The van der Waals surface area contributed by atoms with Gasteiger partial charge in [-0.15, -0.1) is 0 Å². The van der Waals surface area contributed by atoms with Crippen molar-refractivity contribution in [3.05, 3.63) is 22.5 Å². The van der Waals surface area contributed by atoms with Gasteiger partial charge in [-0.05, 0) is 46.1 Å². The minimum atomic E-state index is -0.688. The molecule has 1 aromatic rings. The summed E-state index contributed by atoms with van der Waals surface area (Å²) in [5, 5.41) is 2.93. The normalized spacial score (nSPS) is 15.8. The fourth-order valence-electron chi connectivity index (χ4n) is 3.60. The van der Waals surface area contributed by atoms with Gasteiger partial charge in [0.25, 0.3) is 0 Å². The summed E-state index contributed by atoms with van der Waals surface area (Å²) in [7, 11) is 0. The molecule has 0 saturated carbocycles. The van der Waals surface area contributed by atoms with Crippen LogP contribution in [0.5, 0.6) is 0 Å². The van der Waals surface area contributed by atoms with Gasteiger partial charge >= 0.3 is 11.9 Å². The Morgan fingerprint density at radius 3 is 2.44 bits per heavy atom. The van der Waals surface area contributed by atoms with Gasteiger partial charge in [-0.25, -0.2) is 9.59 Å². The van der Waals surface area contributed by atoms with Gasteiger partial charge in [-0.3, -0.25) is 9.69 Å².